The molecule has 7 heteroatoms. The second-order valence-electron chi connectivity index (χ2n) is 5.17. The molecule has 0 bridgehead atoms. The minimum absolute atomic E-state index is 0.0445. The molecule has 4 N–H and O–H groups in total. The standard InChI is InChI=1S/C10H21N3O3S/c1-10(2,9(11)13-14)4-5-12-8-3-6-17(15,16)7-8/h8,12,14H,3-7H2,1-2H3,(H2,11,13). The molecule has 1 saturated heterocycles. The fraction of sp³-hybridized carbons (Fsp3) is 0.900. The van der Waals surface area contributed by atoms with Gasteiger partial charge in [0, 0.05) is 11.5 Å². The molecule has 6 nitrogen and oxygen atoms in total. The average molecular weight is 263 g/mol. The third-order valence-corrected chi connectivity index (χ3v) is 4.98. The van der Waals surface area contributed by atoms with E-state index in [-0.39, 0.29) is 28.8 Å². The van der Waals surface area contributed by atoms with Crippen LogP contribution in [-0.4, -0.2) is 43.6 Å². The zero-order valence-electron chi connectivity index (χ0n) is 10.3. The van der Waals surface area contributed by atoms with Gasteiger partial charge in [0.05, 0.1) is 11.5 Å². The summed E-state index contributed by atoms with van der Waals surface area (Å²) in [4.78, 5) is 0. The fourth-order valence-electron chi connectivity index (χ4n) is 1.81. The molecule has 0 aromatic rings. The van der Waals surface area contributed by atoms with E-state index in [9.17, 15) is 8.42 Å². The van der Waals surface area contributed by atoms with Crippen molar-refractivity contribution in [2.45, 2.75) is 32.7 Å². The van der Waals surface area contributed by atoms with Crippen LogP contribution in [0.1, 0.15) is 26.7 Å². The highest BCUT2D eigenvalue weighted by atomic mass is 32.2. The van der Waals surface area contributed by atoms with Gasteiger partial charge in [-0.25, -0.2) is 8.42 Å². The Kier molecular flexibility index (Phi) is 4.37. The van der Waals surface area contributed by atoms with E-state index in [1.807, 2.05) is 13.8 Å². The molecule has 0 aromatic carbocycles. The van der Waals surface area contributed by atoms with Gasteiger partial charge >= 0.3 is 0 Å². The molecule has 1 atom stereocenters. The number of hydrogen-bond acceptors (Lipinski definition) is 5. The van der Waals surface area contributed by atoms with Gasteiger partial charge in [-0.05, 0) is 19.4 Å². The first-order valence-corrected chi connectivity index (χ1v) is 7.51. The summed E-state index contributed by atoms with van der Waals surface area (Å²) >= 11 is 0. The lowest BCUT2D eigenvalue weighted by Crippen LogP contribution is -2.38. The SMILES string of the molecule is CC(C)(CCNC1CCS(=O)(=O)C1)C(N)=NO. The molecule has 1 rings (SSSR count). The Morgan fingerprint density at radius 1 is 1.59 bits per heavy atom. The maximum Gasteiger partial charge on any atom is 0.151 e. The predicted molar refractivity (Wildman–Crippen MR) is 66.9 cm³/mol. The van der Waals surface area contributed by atoms with Crippen LogP contribution in [0.3, 0.4) is 0 Å². The maximum atomic E-state index is 11.2. The minimum atomic E-state index is -2.83. The topological polar surface area (TPSA) is 105 Å². The molecular weight excluding hydrogens is 242 g/mol. The number of sulfone groups is 1. The van der Waals surface area contributed by atoms with Gasteiger partial charge in [0.2, 0.25) is 0 Å². The summed E-state index contributed by atoms with van der Waals surface area (Å²) in [5, 5.41) is 14.8. The normalized spacial score (nSPS) is 25.1. The molecule has 1 aliphatic heterocycles. The molecule has 0 spiro atoms. The quantitative estimate of drug-likeness (QED) is 0.279. The lowest BCUT2D eigenvalue weighted by atomic mass is 9.88. The smallest absolute Gasteiger partial charge is 0.151 e. The van der Waals surface area contributed by atoms with Crippen LogP contribution in [0.5, 0.6) is 0 Å². The predicted octanol–water partition coefficient (Wildman–Crippen LogP) is -0.0742. The van der Waals surface area contributed by atoms with Gasteiger partial charge in [-0.2, -0.15) is 0 Å². The van der Waals surface area contributed by atoms with Crippen LogP contribution < -0.4 is 11.1 Å². The summed E-state index contributed by atoms with van der Waals surface area (Å²) in [6.07, 6.45) is 1.37. The van der Waals surface area contributed by atoms with E-state index in [0.717, 1.165) is 0 Å². The number of oxime groups is 1. The van der Waals surface area contributed by atoms with Gasteiger partial charge < -0.3 is 16.3 Å². The zero-order chi connectivity index (χ0) is 13.1. The van der Waals surface area contributed by atoms with Crippen LogP contribution in [0.4, 0.5) is 0 Å². The van der Waals surface area contributed by atoms with Crippen LogP contribution in [0.25, 0.3) is 0 Å². The van der Waals surface area contributed by atoms with Gasteiger partial charge in [-0.15, -0.1) is 0 Å². The van der Waals surface area contributed by atoms with E-state index < -0.39 is 9.84 Å². The van der Waals surface area contributed by atoms with Crippen molar-refractivity contribution in [1.29, 1.82) is 0 Å². The van der Waals surface area contributed by atoms with Gasteiger partial charge in [0.15, 0.2) is 9.84 Å². The number of nitrogens with one attached hydrogen (secondary N) is 1. The van der Waals surface area contributed by atoms with E-state index in [0.29, 0.717) is 19.4 Å². The molecule has 0 aromatic heterocycles. The molecule has 0 saturated carbocycles. The van der Waals surface area contributed by atoms with Gasteiger partial charge in [0.25, 0.3) is 0 Å². The van der Waals surface area contributed by atoms with Crippen LogP contribution in [-0.2, 0) is 9.84 Å². The highest BCUT2D eigenvalue weighted by molar-refractivity contribution is 7.91. The molecule has 0 radical (unpaired) electrons. The van der Waals surface area contributed by atoms with Crippen LogP contribution in [0.2, 0.25) is 0 Å². The highest BCUT2D eigenvalue weighted by Gasteiger charge is 2.28. The fourth-order valence-corrected chi connectivity index (χ4v) is 3.52. The summed E-state index contributed by atoms with van der Waals surface area (Å²) in [7, 11) is -2.83. The van der Waals surface area contributed by atoms with E-state index in [4.69, 9.17) is 10.9 Å². The molecule has 0 amide bonds. The molecule has 1 heterocycles. The van der Waals surface area contributed by atoms with E-state index in [1.54, 1.807) is 0 Å². The summed E-state index contributed by atoms with van der Waals surface area (Å²) in [6, 6.07) is 0.0445. The summed E-state index contributed by atoms with van der Waals surface area (Å²) in [5.74, 6) is 0.684. The number of nitrogens with zero attached hydrogens (tertiary/aromatic N) is 1. The van der Waals surface area contributed by atoms with Crippen LogP contribution in [0.15, 0.2) is 5.16 Å². The first-order valence-electron chi connectivity index (χ1n) is 5.69. The van der Waals surface area contributed by atoms with Gasteiger partial charge in [0.1, 0.15) is 5.84 Å². The van der Waals surface area contributed by atoms with Crippen molar-refractivity contribution in [2.75, 3.05) is 18.1 Å². The van der Waals surface area contributed by atoms with E-state index >= 15 is 0 Å². The summed E-state index contributed by atoms with van der Waals surface area (Å²) in [6.45, 7) is 4.42. The molecule has 100 valence electrons. The Balaban J connectivity index is 2.34. The van der Waals surface area contributed by atoms with Crippen LogP contribution in [0, 0.1) is 5.41 Å². The van der Waals surface area contributed by atoms with Crippen molar-refractivity contribution in [3.05, 3.63) is 0 Å². The minimum Gasteiger partial charge on any atom is -0.409 e. The lowest BCUT2D eigenvalue weighted by Gasteiger charge is -2.23. The Morgan fingerprint density at radius 3 is 2.71 bits per heavy atom. The number of nitrogens with two attached hydrogens (primary N) is 1. The monoisotopic (exact) mass is 263 g/mol. The summed E-state index contributed by atoms with van der Waals surface area (Å²) < 4.78 is 22.5. The molecular formula is C10H21N3O3S. The van der Waals surface area contributed by atoms with Gasteiger partial charge in [-0.1, -0.05) is 19.0 Å². The third kappa shape index (κ3) is 4.16. The summed E-state index contributed by atoms with van der Waals surface area (Å²) in [5.41, 5.74) is 5.17. The second-order valence-corrected chi connectivity index (χ2v) is 7.40. The van der Waals surface area contributed by atoms with E-state index in [2.05, 4.69) is 10.5 Å². The maximum absolute atomic E-state index is 11.2. The van der Waals surface area contributed by atoms with Crippen molar-refractivity contribution >= 4 is 15.7 Å². The molecule has 1 unspecified atom stereocenters. The van der Waals surface area contributed by atoms with E-state index in [1.165, 1.54) is 0 Å². The van der Waals surface area contributed by atoms with Crippen molar-refractivity contribution in [3.8, 4) is 0 Å². The first-order chi connectivity index (χ1) is 7.77. The number of rotatable bonds is 5. The highest BCUT2D eigenvalue weighted by Crippen LogP contribution is 2.20. The number of hydrogen-bond donors (Lipinski definition) is 3. The second kappa shape index (κ2) is 5.22. The average Bonchev–Trinajstić information content (AvgIpc) is 2.56. The van der Waals surface area contributed by atoms with Crippen LogP contribution >= 0.6 is 0 Å². The lowest BCUT2D eigenvalue weighted by molar-refractivity contribution is 0.304. The molecule has 1 fully saturated rings. The Bertz CT molecular complexity index is 390. The first kappa shape index (κ1) is 14.2. The Labute approximate surface area is 102 Å². The molecule has 0 aliphatic carbocycles. The zero-order valence-corrected chi connectivity index (χ0v) is 11.1. The number of amidine groups is 1. The molecule has 1 aliphatic rings. The Morgan fingerprint density at radius 2 is 2.24 bits per heavy atom. The van der Waals surface area contributed by atoms with Gasteiger partial charge in [-0.3, -0.25) is 0 Å². The van der Waals surface area contributed by atoms with Crippen molar-refractivity contribution in [1.82, 2.24) is 5.32 Å². The Hall–Kier alpha value is -0.820. The van der Waals surface area contributed by atoms with Crippen molar-refractivity contribution < 1.29 is 13.6 Å². The van der Waals surface area contributed by atoms with Crippen molar-refractivity contribution in [2.24, 2.45) is 16.3 Å². The molecule has 17 heavy (non-hydrogen) atoms. The van der Waals surface area contributed by atoms with Crippen molar-refractivity contribution in [3.63, 3.8) is 0 Å². The largest absolute Gasteiger partial charge is 0.409 e. The third-order valence-electron chi connectivity index (χ3n) is 3.22.